The van der Waals surface area contributed by atoms with Crippen molar-refractivity contribution < 1.29 is 18.3 Å². The average molecular weight is 422 g/mol. The zero-order valence-electron chi connectivity index (χ0n) is 16.5. The maximum absolute atomic E-state index is 14.9. The number of halogens is 2. The summed E-state index contributed by atoms with van der Waals surface area (Å²) in [4.78, 5) is 15.8. The Hall–Kier alpha value is -3.52. The van der Waals surface area contributed by atoms with Crippen molar-refractivity contribution in [2.45, 2.75) is 12.5 Å². The van der Waals surface area contributed by atoms with Gasteiger partial charge in [0.2, 0.25) is 5.95 Å². The molecule has 0 radical (unpaired) electrons. The van der Waals surface area contributed by atoms with Crippen molar-refractivity contribution in [1.29, 1.82) is 0 Å². The predicted octanol–water partition coefficient (Wildman–Crippen LogP) is 2.91. The lowest BCUT2D eigenvalue weighted by Crippen LogP contribution is -2.50. The predicted molar refractivity (Wildman–Crippen MR) is 113 cm³/mol. The van der Waals surface area contributed by atoms with E-state index in [2.05, 4.69) is 15.6 Å². The van der Waals surface area contributed by atoms with Crippen LogP contribution >= 0.6 is 0 Å². The maximum Gasteiger partial charge on any atom is 0.251 e. The van der Waals surface area contributed by atoms with Gasteiger partial charge in [-0.25, -0.2) is 9.37 Å². The van der Waals surface area contributed by atoms with Crippen LogP contribution in [-0.2, 0) is 6.42 Å². The summed E-state index contributed by atoms with van der Waals surface area (Å²) in [6, 6.07) is 11.3. The molecule has 31 heavy (non-hydrogen) atoms. The second-order valence-electron chi connectivity index (χ2n) is 7.68. The number of nitrogen functional groups attached to an aromatic ring is 1. The molecule has 0 unspecified atom stereocenters. The first kappa shape index (κ1) is 19.4. The van der Waals surface area contributed by atoms with Gasteiger partial charge < -0.3 is 21.1 Å². The number of hydrogen-bond acceptors (Lipinski definition) is 5. The molecule has 6 nitrogen and oxygen atoms in total. The highest BCUT2D eigenvalue weighted by Gasteiger charge is 2.23. The Morgan fingerprint density at radius 1 is 1.00 bits per heavy atom. The normalized spacial score (nSPS) is 15.7. The van der Waals surface area contributed by atoms with E-state index in [1.807, 2.05) is 0 Å². The van der Waals surface area contributed by atoms with Gasteiger partial charge in [0.05, 0.1) is 0 Å². The van der Waals surface area contributed by atoms with Crippen molar-refractivity contribution in [3.63, 3.8) is 0 Å². The van der Waals surface area contributed by atoms with Gasteiger partial charge in [-0.05, 0) is 47.9 Å². The molecule has 158 valence electrons. The zero-order chi connectivity index (χ0) is 21.5. The van der Waals surface area contributed by atoms with E-state index in [1.165, 1.54) is 12.1 Å². The van der Waals surface area contributed by atoms with Crippen LogP contribution < -0.4 is 21.1 Å². The molecular weight excluding hydrogens is 402 g/mol. The van der Waals surface area contributed by atoms with Crippen LogP contribution in [0, 0.1) is 11.8 Å². The summed E-state index contributed by atoms with van der Waals surface area (Å²) in [6.07, 6.45) is 0.717. The summed E-state index contributed by atoms with van der Waals surface area (Å²) in [7, 11) is 0. The molecule has 8 heteroatoms. The van der Waals surface area contributed by atoms with Gasteiger partial charge in [0.1, 0.15) is 23.5 Å². The van der Waals surface area contributed by atoms with Gasteiger partial charge in [-0.2, -0.15) is 4.39 Å². The van der Waals surface area contributed by atoms with E-state index in [0.717, 1.165) is 18.7 Å². The summed E-state index contributed by atoms with van der Waals surface area (Å²) in [6.45, 7) is 2.08. The van der Waals surface area contributed by atoms with Crippen LogP contribution in [0.3, 0.4) is 0 Å². The van der Waals surface area contributed by atoms with Crippen molar-refractivity contribution in [2.24, 2.45) is 0 Å². The molecule has 0 saturated carbocycles. The molecule has 0 bridgehead atoms. The number of pyridine rings is 1. The van der Waals surface area contributed by atoms with Gasteiger partial charge in [-0.3, -0.25) is 4.79 Å². The first-order valence-corrected chi connectivity index (χ1v) is 10.0. The van der Waals surface area contributed by atoms with Crippen LogP contribution in [0.2, 0.25) is 0 Å². The Kier molecular flexibility index (Phi) is 4.78. The molecule has 1 saturated heterocycles. The van der Waals surface area contributed by atoms with E-state index >= 15 is 0 Å². The van der Waals surface area contributed by atoms with Gasteiger partial charge in [0.15, 0.2) is 0 Å². The monoisotopic (exact) mass is 422 g/mol. The van der Waals surface area contributed by atoms with E-state index in [0.29, 0.717) is 29.8 Å². The fourth-order valence-corrected chi connectivity index (χ4v) is 3.82. The van der Waals surface area contributed by atoms with E-state index < -0.39 is 11.8 Å². The van der Waals surface area contributed by atoms with Gasteiger partial charge in [0, 0.05) is 41.9 Å². The number of nitrogens with zero attached hydrogens (tertiary/aromatic N) is 1. The number of fused-ring (bicyclic) bond motifs is 1. The Labute approximate surface area is 177 Å². The minimum Gasteiger partial charge on any atom is -0.488 e. The number of carbonyl (C=O) groups is 1. The summed E-state index contributed by atoms with van der Waals surface area (Å²) < 4.78 is 35.3. The molecule has 1 fully saturated rings. The third kappa shape index (κ3) is 3.59. The molecule has 5 rings (SSSR count). The van der Waals surface area contributed by atoms with Gasteiger partial charge >= 0.3 is 0 Å². The molecule has 2 aliphatic heterocycles. The molecule has 3 aromatic rings. The third-order valence-corrected chi connectivity index (χ3v) is 5.63. The number of carbonyl (C=O) groups excluding carboxylic acids is 1. The smallest absolute Gasteiger partial charge is 0.251 e. The number of hydrogen-bond donors (Lipinski definition) is 3. The number of anilines is 1. The van der Waals surface area contributed by atoms with E-state index in [-0.39, 0.29) is 34.5 Å². The largest absolute Gasteiger partial charge is 0.488 e. The van der Waals surface area contributed by atoms with Crippen LogP contribution in [0.4, 0.5) is 14.6 Å². The summed E-state index contributed by atoms with van der Waals surface area (Å²) in [5.41, 5.74) is 8.22. The van der Waals surface area contributed by atoms with Crippen LogP contribution in [0.25, 0.3) is 22.3 Å². The zero-order valence-corrected chi connectivity index (χ0v) is 16.5. The Bertz CT molecular complexity index is 1180. The lowest BCUT2D eigenvalue weighted by Gasteiger charge is -2.27. The van der Waals surface area contributed by atoms with E-state index in [1.54, 1.807) is 30.3 Å². The van der Waals surface area contributed by atoms with Gasteiger partial charge in [0.25, 0.3) is 5.91 Å². The highest BCUT2D eigenvalue weighted by Crippen LogP contribution is 2.35. The van der Waals surface area contributed by atoms with Crippen molar-refractivity contribution in [3.8, 4) is 28.0 Å². The molecule has 0 atom stereocenters. The number of rotatable bonds is 4. The van der Waals surface area contributed by atoms with Crippen LogP contribution in [-0.4, -0.2) is 36.6 Å². The first-order valence-electron chi connectivity index (χ1n) is 10.0. The SMILES string of the molecule is Nc1nc(F)c(-c2ccc(OC3CNC3)cc2)cc1-c1cc2c(cc1F)C(=O)NCC2. The molecule has 4 N–H and O–H groups in total. The van der Waals surface area contributed by atoms with E-state index in [4.69, 9.17) is 10.5 Å². The second kappa shape index (κ2) is 7.63. The number of nitrogens with two attached hydrogens (primary N) is 1. The Morgan fingerprint density at radius 3 is 2.48 bits per heavy atom. The number of amides is 1. The first-order chi connectivity index (χ1) is 15.0. The topological polar surface area (TPSA) is 89.3 Å². The van der Waals surface area contributed by atoms with Crippen molar-refractivity contribution in [3.05, 3.63) is 65.4 Å². The quantitative estimate of drug-likeness (QED) is 0.563. The van der Waals surface area contributed by atoms with Crippen LogP contribution in [0.15, 0.2) is 42.5 Å². The highest BCUT2D eigenvalue weighted by atomic mass is 19.1. The number of nitrogens with one attached hydrogen (secondary N) is 2. The highest BCUT2D eigenvalue weighted by molar-refractivity contribution is 5.97. The average Bonchev–Trinajstić information content (AvgIpc) is 2.72. The lowest BCUT2D eigenvalue weighted by atomic mass is 9.93. The van der Waals surface area contributed by atoms with Crippen molar-refractivity contribution in [1.82, 2.24) is 15.6 Å². The molecule has 0 spiro atoms. The molecular formula is C23H20F2N4O2. The fraction of sp³-hybridized carbons (Fsp3) is 0.217. The second-order valence-corrected chi connectivity index (χ2v) is 7.68. The standard InChI is InChI=1S/C23H20F2N4O2/c24-20-9-17-13(5-6-28-23(17)30)7-18(20)19-8-16(21(25)29-22(19)26)12-1-3-14(4-2-12)31-15-10-27-11-15/h1-4,7-9,15,27H,5-6,10-11H2,(H2,26,29)(H,28,30). The minimum absolute atomic E-state index is 0.113. The fourth-order valence-electron chi connectivity index (χ4n) is 3.82. The molecule has 3 heterocycles. The Morgan fingerprint density at radius 2 is 1.77 bits per heavy atom. The molecule has 1 amide bonds. The summed E-state index contributed by atoms with van der Waals surface area (Å²) in [5.74, 6) is -1.08. The van der Waals surface area contributed by atoms with E-state index in [9.17, 15) is 13.6 Å². The molecule has 0 aliphatic carbocycles. The summed E-state index contributed by atoms with van der Waals surface area (Å²) in [5, 5.41) is 5.82. The molecule has 1 aromatic heterocycles. The van der Waals surface area contributed by atoms with Gasteiger partial charge in [-0.15, -0.1) is 0 Å². The molecule has 2 aliphatic rings. The lowest BCUT2D eigenvalue weighted by molar-refractivity contribution is 0.0945. The summed E-state index contributed by atoms with van der Waals surface area (Å²) >= 11 is 0. The van der Waals surface area contributed by atoms with Gasteiger partial charge in [-0.1, -0.05) is 12.1 Å². The maximum atomic E-state index is 14.9. The Balaban J connectivity index is 1.53. The van der Waals surface area contributed by atoms with Crippen LogP contribution in [0.1, 0.15) is 15.9 Å². The number of ether oxygens (including phenoxy) is 1. The number of benzene rings is 2. The van der Waals surface area contributed by atoms with Crippen LogP contribution in [0.5, 0.6) is 5.75 Å². The third-order valence-electron chi connectivity index (χ3n) is 5.63. The van der Waals surface area contributed by atoms with Crippen molar-refractivity contribution in [2.75, 3.05) is 25.4 Å². The minimum atomic E-state index is -0.740. The molecule has 2 aromatic carbocycles. The van der Waals surface area contributed by atoms with Crippen molar-refractivity contribution >= 4 is 11.7 Å². The number of aromatic nitrogens is 1.